The maximum Gasteiger partial charge on any atom is 0.0602 e. The Bertz CT molecular complexity index is 674. The summed E-state index contributed by atoms with van der Waals surface area (Å²) in [6.07, 6.45) is 13.5. The zero-order valence-electron chi connectivity index (χ0n) is 21.2. The quantitative estimate of drug-likeness (QED) is 0.426. The predicted octanol–water partition coefficient (Wildman–Crippen LogP) is 5.56. The van der Waals surface area contributed by atoms with Crippen LogP contribution in [-0.2, 0) is 4.74 Å². The predicted molar refractivity (Wildman–Crippen MR) is 130 cm³/mol. The van der Waals surface area contributed by atoms with Gasteiger partial charge in [0.2, 0.25) is 0 Å². The molecule has 0 aliphatic heterocycles. The van der Waals surface area contributed by atoms with Crippen molar-refractivity contribution < 1.29 is 20.1 Å². The number of aliphatic hydroxyl groups excluding tert-OH is 2. The van der Waals surface area contributed by atoms with Crippen molar-refractivity contribution in [3.63, 3.8) is 0 Å². The third kappa shape index (κ3) is 6.46. The average molecular weight is 449 g/mol. The van der Waals surface area contributed by atoms with Crippen molar-refractivity contribution in [2.75, 3.05) is 13.2 Å². The van der Waals surface area contributed by atoms with E-state index in [9.17, 15) is 15.3 Å². The summed E-state index contributed by atoms with van der Waals surface area (Å²) < 4.78 is 6.12. The number of allylic oxidation sites excluding steroid dienone is 3. The van der Waals surface area contributed by atoms with Gasteiger partial charge in [0.1, 0.15) is 0 Å². The Hall–Kier alpha value is -0.680. The molecule has 0 unspecified atom stereocenters. The van der Waals surface area contributed by atoms with Crippen molar-refractivity contribution in [3.05, 3.63) is 23.3 Å². The van der Waals surface area contributed by atoms with Gasteiger partial charge in [-0.05, 0) is 101 Å². The van der Waals surface area contributed by atoms with Crippen molar-refractivity contribution in [1.82, 2.24) is 0 Å². The molecule has 3 aliphatic rings. The lowest BCUT2D eigenvalue weighted by Gasteiger charge is -2.48. The summed E-state index contributed by atoms with van der Waals surface area (Å²) in [7, 11) is 0. The monoisotopic (exact) mass is 448 g/mol. The molecule has 5 atom stereocenters. The van der Waals surface area contributed by atoms with Crippen LogP contribution in [-0.4, -0.2) is 46.3 Å². The van der Waals surface area contributed by atoms with Crippen LogP contribution in [0.25, 0.3) is 0 Å². The van der Waals surface area contributed by atoms with Gasteiger partial charge in [0.15, 0.2) is 0 Å². The topological polar surface area (TPSA) is 69.9 Å². The van der Waals surface area contributed by atoms with Gasteiger partial charge in [-0.3, -0.25) is 0 Å². The van der Waals surface area contributed by atoms with Crippen LogP contribution in [0.5, 0.6) is 0 Å². The van der Waals surface area contributed by atoms with E-state index in [1.807, 2.05) is 13.8 Å². The first-order valence-electron chi connectivity index (χ1n) is 13.0. The fraction of sp³-hybridized carbons (Fsp3) is 0.857. The van der Waals surface area contributed by atoms with E-state index in [1.54, 1.807) is 5.57 Å². The van der Waals surface area contributed by atoms with Crippen LogP contribution in [0.3, 0.4) is 0 Å². The van der Waals surface area contributed by atoms with E-state index in [-0.39, 0.29) is 5.41 Å². The van der Waals surface area contributed by atoms with Gasteiger partial charge in [0, 0.05) is 6.61 Å². The van der Waals surface area contributed by atoms with Crippen molar-refractivity contribution in [1.29, 1.82) is 0 Å². The summed E-state index contributed by atoms with van der Waals surface area (Å²) in [6, 6.07) is 0. The molecule has 0 aromatic carbocycles. The molecule has 0 heterocycles. The summed E-state index contributed by atoms with van der Waals surface area (Å²) in [5.41, 5.74) is 2.60. The lowest BCUT2D eigenvalue weighted by atomic mass is 9.58. The molecule has 184 valence electrons. The number of rotatable bonds is 8. The molecule has 3 saturated carbocycles. The number of hydrogen-bond acceptors (Lipinski definition) is 4. The second-order valence-corrected chi connectivity index (χ2v) is 12.5. The fourth-order valence-electron chi connectivity index (χ4n) is 7.10. The molecule has 32 heavy (non-hydrogen) atoms. The molecule has 0 saturated heterocycles. The Labute approximate surface area is 196 Å². The Morgan fingerprint density at radius 3 is 2.41 bits per heavy atom. The molecular formula is C28H48O4. The van der Waals surface area contributed by atoms with E-state index < -0.39 is 17.8 Å². The van der Waals surface area contributed by atoms with E-state index in [2.05, 4.69) is 32.9 Å². The molecule has 4 nitrogen and oxygen atoms in total. The lowest BCUT2D eigenvalue weighted by Crippen LogP contribution is -2.42. The van der Waals surface area contributed by atoms with Crippen LogP contribution < -0.4 is 0 Å². The normalized spacial score (nSPS) is 35.2. The van der Waals surface area contributed by atoms with Crippen molar-refractivity contribution in [2.45, 2.75) is 117 Å². The highest BCUT2D eigenvalue weighted by atomic mass is 16.5. The van der Waals surface area contributed by atoms with Crippen LogP contribution >= 0.6 is 0 Å². The van der Waals surface area contributed by atoms with Gasteiger partial charge >= 0.3 is 0 Å². The average Bonchev–Trinajstić information content (AvgIpc) is 3.02. The summed E-state index contributed by atoms with van der Waals surface area (Å²) >= 11 is 0. The molecule has 3 fully saturated rings. The van der Waals surface area contributed by atoms with Gasteiger partial charge in [0.25, 0.3) is 0 Å². The molecule has 0 bridgehead atoms. The molecule has 0 aromatic rings. The van der Waals surface area contributed by atoms with Gasteiger partial charge in [-0.25, -0.2) is 0 Å². The number of hydrogen-bond donors (Lipinski definition) is 3. The highest BCUT2D eigenvalue weighted by Crippen LogP contribution is 2.62. The molecular weight excluding hydrogens is 400 g/mol. The standard InChI is InChI=1S/C28H48O4/c1-26(2,19-32-15-7-13-27(3,4)31)25-12-11-24-21(8-6-14-28(24,25)5)10-9-20-16-22(29)18-23(30)17-20/h9-10,22-25,29-31H,6-8,11-19H2,1-5H3/b21-10+/t22-,23-,24+,25-,28+/m1/s1. The third-order valence-corrected chi connectivity index (χ3v) is 8.53. The molecule has 0 spiro atoms. The summed E-state index contributed by atoms with van der Waals surface area (Å²) in [5, 5.41) is 29.9. The largest absolute Gasteiger partial charge is 0.393 e. The van der Waals surface area contributed by atoms with E-state index in [0.717, 1.165) is 26.1 Å². The minimum atomic E-state index is -0.612. The SMILES string of the molecule is CC(C)(O)CCCOCC(C)(C)[C@H]1CC[C@H]2/C(=C/C=C3C[C@@H](O)C[C@H](O)C3)CCC[C@]12C. The maximum atomic E-state index is 10.0. The van der Waals surface area contributed by atoms with Gasteiger partial charge in [-0.1, -0.05) is 44.1 Å². The minimum absolute atomic E-state index is 0.136. The third-order valence-electron chi connectivity index (χ3n) is 8.53. The second-order valence-electron chi connectivity index (χ2n) is 12.5. The maximum absolute atomic E-state index is 10.0. The highest BCUT2D eigenvalue weighted by Gasteiger charge is 2.53. The summed E-state index contributed by atoms with van der Waals surface area (Å²) in [5.74, 6) is 1.27. The summed E-state index contributed by atoms with van der Waals surface area (Å²) in [6.45, 7) is 12.5. The van der Waals surface area contributed by atoms with E-state index in [1.165, 1.54) is 37.7 Å². The fourth-order valence-corrected chi connectivity index (χ4v) is 7.10. The molecule has 0 radical (unpaired) electrons. The first-order valence-corrected chi connectivity index (χ1v) is 13.0. The number of fused-ring (bicyclic) bond motifs is 1. The molecule has 4 heteroatoms. The van der Waals surface area contributed by atoms with Gasteiger partial charge in [-0.15, -0.1) is 0 Å². The van der Waals surface area contributed by atoms with E-state index in [4.69, 9.17) is 4.74 Å². The summed E-state index contributed by atoms with van der Waals surface area (Å²) in [4.78, 5) is 0. The zero-order valence-corrected chi connectivity index (χ0v) is 21.2. The molecule has 3 rings (SSSR count). The van der Waals surface area contributed by atoms with E-state index in [0.29, 0.717) is 36.5 Å². The molecule has 0 aromatic heterocycles. The lowest BCUT2D eigenvalue weighted by molar-refractivity contribution is -0.0268. The Balaban J connectivity index is 1.63. The van der Waals surface area contributed by atoms with Crippen molar-refractivity contribution in [2.24, 2.45) is 22.7 Å². The van der Waals surface area contributed by atoms with Crippen molar-refractivity contribution in [3.8, 4) is 0 Å². The number of ether oxygens (including phenoxy) is 1. The van der Waals surface area contributed by atoms with Crippen LogP contribution in [0.4, 0.5) is 0 Å². The van der Waals surface area contributed by atoms with Gasteiger partial charge < -0.3 is 20.1 Å². The van der Waals surface area contributed by atoms with E-state index >= 15 is 0 Å². The molecule has 3 N–H and O–H groups in total. The first kappa shape index (κ1) is 25.9. The smallest absolute Gasteiger partial charge is 0.0602 e. The van der Waals surface area contributed by atoms with Crippen LogP contribution in [0.1, 0.15) is 98.8 Å². The van der Waals surface area contributed by atoms with Crippen LogP contribution in [0.2, 0.25) is 0 Å². The van der Waals surface area contributed by atoms with Gasteiger partial charge in [-0.2, -0.15) is 0 Å². The first-order chi connectivity index (χ1) is 14.9. The van der Waals surface area contributed by atoms with Crippen LogP contribution in [0, 0.1) is 22.7 Å². The Morgan fingerprint density at radius 2 is 1.75 bits per heavy atom. The Morgan fingerprint density at radius 1 is 1.06 bits per heavy atom. The minimum Gasteiger partial charge on any atom is -0.393 e. The zero-order chi connectivity index (χ0) is 23.6. The second kappa shape index (κ2) is 10.3. The Kier molecular flexibility index (Phi) is 8.34. The number of aliphatic hydroxyl groups is 3. The van der Waals surface area contributed by atoms with Crippen molar-refractivity contribution >= 4 is 0 Å². The highest BCUT2D eigenvalue weighted by molar-refractivity contribution is 5.26. The molecule has 3 aliphatic carbocycles. The molecule has 0 amide bonds. The van der Waals surface area contributed by atoms with Crippen LogP contribution in [0.15, 0.2) is 23.3 Å². The van der Waals surface area contributed by atoms with Gasteiger partial charge in [0.05, 0.1) is 24.4 Å².